The lowest BCUT2D eigenvalue weighted by Crippen LogP contribution is -2.45. The summed E-state index contributed by atoms with van der Waals surface area (Å²) in [7, 11) is 0. The molecule has 114 valence electrons. The third-order valence-electron chi connectivity index (χ3n) is 3.63. The van der Waals surface area contributed by atoms with Crippen LogP contribution in [0, 0.1) is 0 Å². The zero-order valence-corrected chi connectivity index (χ0v) is 12.6. The summed E-state index contributed by atoms with van der Waals surface area (Å²) in [6.45, 7) is 5.56. The van der Waals surface area contributed by atoms with Crippen molar-refractivity contribution in [3.8, 4) is 11.4 Å². The number of rotatable bonds is 3. The Labute approximate surface area is 129 Å². The van der Waals surface area contributed by atoms with E-state index >= 15 is 0 Å². The zero-order chi connectivity index (χ0) is 15.5. The van der Waals surface area contributed by atoms with E-state index in [-0.39, 0.29) is 12.2 Å². The molecule has 0 bridgehead atoms. The van der Waals surface area contributed by atoms with Gasteiger partial charge >= 0.3 is 0 Å². The molecule has 0 saturated carbocycles. The lowest BCUT2D eigenvalue weighted by atomic mass is 10.1. The van der Waals surface area contributed by atoms with Crippen molar-refractivity contribution in [3.05, 3.63) is 36.4 Å². The van der Waals surface area contributed by atoms with Crippen LogP contribution in [0.5, 0.6) is 0 Å². The number of morpholine rings is 1. The molecule has 2 aromatic heterocycles. The van der Waals surface area contributed by atoms with Gasteiger partial charge in [0.2, 0.25) is 0 Å². The predicted molar refractivity (Wildman–Crippen MR) is 82.9 cm³/mol. The van der Waals surface area contributed by atoms with Gasteiger partial charge in [-0.1, -0.05) is 0 Å². The maximum absolute atomic E-state index is 11.5. The zero-order valence-electron chi connectivity index (χ0n) is 12.6. The van der Waals surface area contributed by atoms with Crippen LogP contribution in [-0.2, 0) is 4.74 Å². The lowest BCUT2D eigenvalue weighted by molar-refractivity contribution is -0.00527. The number of carbonyl (C=O) groups is 1. The maximum Gasteiger partial charge on any atom is 0.152 e. The minimum Gasteiger partial charge on any atom is -0.372 e. The molecule has 0 N–H and O–H groups in total. The van der Waals surface area contributed by atoms with Crippen molar-refractivity contribution in [2.45, 2.75) is 26.1 Å². The van der Waals surface area contributed by atoms with Gasteiger partial charge in [0.15, 0.2) is 6.29 Å². The van der Waals surface area contributed by atoms with Gasteiger partial charge in [-0.3, -0.25) is 19.7 Å². The molecule has 6 heteroatoms. The van der Waals surface area contributed by atoms with Gasteiger partial charge in [0.25, 0.3) is 0 Å². The summed E-state index contributed by atoms with van der Waals surface area (Å²) in [5, 5.41) is 0. The number of ether oxygens (including phenoxy) is 1. The van der Waals surface area contributed by atoms with Crippen molar-refractivity contribution >= 4 is 12.0 Å². The van der Waals surface area contributed by atoms with Gasteiger partial charge in [0.05, 0.1) is 36.0 Å². The van der Waals surface area contributed by atoms with Crippen LogP contribution in [0.2, 0.25) is 0 Å². The first-order valence-electron chi connectivity index (χ1n) is 7.29. The molecule has 0 spiro atoms. The molecule has 3 heterocycles. The third kappa shape index (κ3) is 2.96. The molecular formula is C16H18N4O2. The highest BCUT2D eigenvalue weighted by molar-refractivity contribution is 5.86. The molecule has 2 atom stereocenters. The maximum atomic E-state index is 11.5. The molecular weight excluding hydrogens is 280 g/mol. The second-order valence-corrected chi connectivity index (χ2v) is 5.50. The van der Waals surface area contributed by atoms with Crippen LogP contribution < -0.4 is 4.90 Å². The molecule has 22 heavy (non-hydrogen) atoms. The fourth-order valence-corrected chi connectivity index (χ4v) is 2.77. The van der Waals surface area contributed by atoms with Crippen LogP contribution in [0.4, 0.5) is 5.69 Å². The summed E-state index contributed by atoms with van der Waals surface area (Å²) < 4.78 is 5.74. The number of pyridine rings is 1. The minimum absolute atomic E-state index is 0.128. The van der Waals surface area contributed by atoms with E-state index in [0.717, 1.165) is 25.1 Å². The van der Waals surface area contributed by atoms with E-state index in [9.17, 15) is 4.79 Å². The fraction of sp³-hybridized carbons (Fsp3) is 0.375. The summed E-state index contributed by atoms with van der Waals surface area (Å²) >= 11 is 0. The summed E-state index contributed by atoms with van der Waals surface area (Å²) in [6.07, 6.45) is 7.70. The van der Waals surface area contributed by atoms with Crippen LogP contribution in [0.25, 0.3) is 11.4 Å². The highest BCUT2D eigenvalue weighted by atomic mass is 16.5. The molecule has 3 rings (SSSR count). The number of aldehydes is 1. The van der Waals surface area contributed by atoms with E-state index in [0.29, 0.717) is 17.0 Å². The van der Waals surface area contributed by atoms with E-state index in [1.807, 2.05) is 13.8 Å². The highest BCUT2D eigenvalue weighted by Gasteiger charge is 2.24. The van der Waals surface area contributed by atoms with Crippen molar-refractivity contribution in [3.63, 3.8) is 0 Å². The number of nitrogens with zero attached hydrogens (tertiary/aromatic N) is 4. The number of anilines is 1. The summed E-state index contributed by atoms with van der Waals surface area (Å²) in [5.74, 6) is 0. The van der Waals surface area contributed by atoms with Crippen molar-refractivity contribution in [1.29, 1.82) is 0 Å². The normalized spacial score (nSPS) is 21.6. The van der Waals surface area contributed by atoms with Crippen LogP contribution >= 0.6 is 0 Å². The quantitative estimate of drug-likeness (QED) is 0.807. The number of carbonyl (C=O) groups excluding carboxylic acids is 1. The highest BCUT2D eigenvalue weighted by Crippen LogP contribution is 2.25. The fourth-order valence-electron chi connectivity index (χ4n) is 2.77. The number of hydrogen-bond acceptors (Lipinski definition) is 6. The number of hydrogen-bond donors (Lipinski definition) is 0. The molecule has 0 aliphatic carbocycles. The van der Waals surface area contributed by atoms with Crippen LogP contribution in [-0.4, -0.2) is 46.5 Å². The third-order valence-corrected chi connectivity index (χ3v) is 3.63. The van der Waals surface area contributed by atoms with Crippen molar-refractivity contribution < 1.29 is 9.53 Å². The van der Waals surface area contributed by atoms with Gasteiger partial charge in [-0.15, -0.1) is 0 Å². The molecule has 1 fully saturated rings. The van der Waals surface area contributed by atoms with E-state index in [4.69, 9.17) is 4.74 Å². The van der Waals surface area contributed by atoms with Gasteiger partial charge in [0.1, 0.15) is 5.69 Å². The molecule has 0 amide bonds. The minimum atomic E-state index is 0.128. The van der Waals surface area contributed by atoms with Gasteiger partial charge < -0.3 is 9.64 Å². The first kappa shape index (κ1) is 14.6. The van der Waals surface area contributed by atoms with E-state index in [1.54, 1.807) is 30.9 Å². The number of aromatic nitrogens is 3. The second kappa shape index (κ2) is 6.19. The molecule has 0 radical (unpaired) electrons. The SMILES string of the molecule is CC1CN(c2cnc(-c3cnccn3)cc2C=O)CC(C)O1. The Morgan fingerprint density at radius 2 is 1.91 bits per heavy atom. The Morgan fingerprint density at radius 1 is 1.14 bits per heavy atom. The predicted octanol–water partition coefficient (Wildman–Crippen LogP) is 1.96. The first-order chi connectivity index (χ1) is 10.7. The largest absolute Gasteiger partial charge is 0.372 e. The molecule has 2 unspecified atom stereocenters. The Hall–Kier alpha value is -2.34. The van der Waals surface area contributed by atoms with Gasteiger partial charge in [-0.05, 0) is 19.9 Å². The van der Waals surface area contributed by atoms with E-state index < -0.39 is 0 Å². The average Bonchev–Trinajstić information content (AvgIpc) is 2.54. The average molecular weight is 298 g/mol. The molecule has 1 aliphatic rings. The second-order valence-electron chi connectivity index (χ2n) is 5.50. The standard InChI is InChI=1S/C16H18N4O2/c1-11-8-20(9-12(2)22-11)16-7-19-14(5-13(16)10-21)15-6-17-3-4-18-15/h3-7,10-12H,8-9H2,1-2H3. The van der Waals surface area contributed by atoms with E-state index in [2.05, 4.69) is 19.9 Å². The van der Waals surface area contributed by atoms with Gasteiger partial charge in [-0.25, -0.2) is 0 Å². The van der Waals surface area contributed by atoms with Crippen LogP contribution in [0.3, 0.4) is 0 Å². The first-order valence-corrected chi connectivity index (χ1v) is 7.29. The monoisotopic (exact) mass is 298 g/mol. The van der Waals surface area contributed by atoms with Gasteiger partial charge in [-0.2, -0.15) is 0 Å². The van der Waals surface area contributed by atoms with E-state index in [1.165, 1.54) is 0 Å². The Morgan fingerprint density at radius 3 is 2.55 bits per heavy atom. The summed E-state index contributed by atoms with van der Waals surface area (Å²) in [6, 6.07) is 1.76. The lowest BCUT2D eigenvalue weighted by Gasteiger charge is -2.37. The molecule has 1 aliphatic heterocycles. The van der Waals surface area contributed by atoms with Crippen LogP contribution in [0.1, 0.15) is 24.2 Å². The van der Waals surface area contributed by atoms with Crippen molar-refractivity contribution in [1.82, 2.24) is 15.0 Å². The Kier molecular flexibility index (Phi) is 4.11. The van der Waals surface area contributed by atoms with Crippen molar-refractivity contribution in [2.24, 2.45) is 0 Å². The Bertz CT molecular complexity index is 652. The summed E-state index contributed by atoms with van der Waals surface area (Å²) in [5.41, 5.74) is 2.75. The molecule has 6 nitrogen and oxygen atoms in total. The Balaban J connectivity index is 1.94. The smallest absolute Gasteiger partial charge is 0.152 e. The van der Waals surface area contributed by atoms with Gasteiger partial charge in [0, 0.05) is 31.0 Å². The van der Waals surface area contributed by atoms with Crippen LogP contribution in [0.15, 0.2) is 30.9 Å². The molecule has 1 saturated heterocycles. The molecule has 2 aromatic rings. The van der Waals surface area contributed by atoms with Crippen molar-refractivity contribution in [2.75, 3.05) is 18.0 Å². The molecule has 0 aromatic carbocycles. The summed E-state index contributed by atoms with van der Waals surface area (Å²) in [4.78, 5) is 26.3. The topological polar surface area (TPSA) is 68.2 Å².